The lowest BCUT2D eigenvalue weighted by Crippen LogP contribution is -2.45. The largest absolute Gasteiger partial charge is 0.375 e. The number of rotatable bonds is 4. The average Bonchev–Trinajstić information content (AvgIpc) is 3.12. The highest BCUT2D eigenvalue weighted by Crippen LogP contribution is 2.28. The van der Waals surface area contributed by atoms with Crippen LogP contribution in [-0.4, -0.2) is 73.9 Å². The Hall–Kier alpha value is -0.610. The first kappa shape index (κ1) is 18.2. The molecule has 0 aromatic carbocycles. The molecule has 0 saturated carbocycles. The van der Waals surface area contributed by atoms with E-state index in [0.29, 0.717) is 37.7 Å². The molecule has 0 radical (unpaired) electrons. The number of ether oxygens (including phenoxy) is 1. The molecule has 0 spiro atoms. The monoisotopic (exact) mass is 390 g/mol. The maximum Gasteiger partial charge on any atom is 0.265 e. The van der Waals surface area contributed by atoms with Gasteiger partial charge in [-0.2, -0.15) is 16.1 Å². The lowest BCUT2D eigenvalue weighted by Gasteiger charge is -2.32. The van der Waals surface area contributed by atoms with Crippen LogP contribution in [0.1, 0.15) is 23.0 Å². The molecule has 2 aliphatic rings. The lowest BCUT2D eigenvalue weighted by atomic mass is 10.2. The quantitative estimate of drug-likeness (QED) is 0.783. The van der Waals surface area contributed by atoms with E-state index >= 15 is 0 Å². The number of sulfonamides is 1. The highest BCUT2D eigenvalue weighted by molar-refractivity contribution is 7.99. The minimum atomic E-state index is -3.60. The summed E-state index contributed by atoms with van der Waals surface area (Å²) in [6.07, 6.45) is 0.868. The fraction of sp³-hybridized carbons (Fsp3) is 0.667. The van der Waals surface area contributed by atoms with Crippen LogP contribution in [0.15, 0.2) is 16.3 Å². The van der Waals surface area contributed by atoms with Crippen molar-refractivity contribution in [1.29, 1.82) is 0 Å². The summed E-state index contributed by atoms with van der Waals surface area (Å²) >= 11 is 2.96. The molecule has 1 aromatic heterocycles. The average molecular weight is 391 g/mol. The maximum absolute atomic E-state index is 12.9. The Kier molecular flexibility index (Phi) is 5.86. The van der Waals surface area contributed by atoms with Crippen LogP contribution in [0.3, 0.4) is 0 Å². The van der Waals surface area contributed by atoms with Crippen molar-refractivity contribution in [1.82, 2.24) is 9.21 Å². The summed E-state index contributed by atoms with van der Waals surface area (Å²) in [6.45, 7) is 4.56. The van der Waals surface area contributed by atoms with Crippen molar-refractivity contribution in [2.75, 3.05) is 44.3 Å². The molecule has 1 amide bonds. The minimum absolute atomic E-state index is 0.0295. The fourth-order valence-corrected chi connectivity index (χ4v) is 6.82. The van der Waals surface area contributed by atoms with E-state index in [1.165, 1.54) is 15.6 Å². The molecule has 3 heterocycles. The summed E-state index contributed by atoms with van der Waals surface area (Å²) in [5.41, 5.74) is 0. The van der Waals surface area contributed by atoms with Crippen LogP contribution in [0, 0.1) is 0 Å². The summed E-state index contributed by atoms with van der Waals surface area (Å²) < 4.78 is 32.9. The number of hydrogen-bond donors (Lipinski definition) is 0. The van der Waals surface area contributed by atoms with Crippen molar-refractivity contribution >= 4 is 39.0 Å². The zero-order chi connectivity index (χ0) is 17.2. The van der Waals surface area contributed by atoms with Crippen LogP contribution < -0.4 is 0 Å². The van der Waals surface area contributed by atoms with Gasteiger partial charge in [-0.25, -0.2) is 8.42 Å². The van der Waals surface area contributed by atoms with Crippen LogP contribution in [0.4, 0.5) is 0 Å². The molecule has 0 bridgehead atoms. The third-order valence-electron chi connectivity index (χ3n) is 4.29. The molecule has 134 valence electrons. The molecular formula is C15H22N2O4S3. The van der Waals surface area contributed by atoms with Gasteiger partial charge in [-0.1, -0.05) is 6.92 Å². The third kappa shape index (κ3) is 3.65. The molecule has 1 unspecified atom stereocenters. The first-order valence-electron chi connectivity index (χ1n) is 8.10. The summed E-state index contributed by atoms with van der Waals surface area (Å²) in [6, 6.07) is 1.56. The fourth-order valence-electron chi connectivity index (χ4n) is 2.88. The van der Waals surface area contributed by atoms with Gasteiger partial charge in [0.2, 0.25) is 10.0 Å². The van der Waals surface area contributed by atoms with Crippen LogP contribution in [-0.2, 0) is 14.8 Å². The van der Waals surface area contributed by atoms with Crippen LogP contribution in [0.5, 0.6) is 0 Å². The van der Waals surface area contributed by atoms with E-state index < -0.39 is 10.0 Å². The molecule has 1 aromatic rings. The first-order chi connectivity index (χ1) is 11.5. The predicted octanol–water partition coefficient (Wildman–Crippen LogP) is 1.74. The second-order valence-electron chi connectivity index (χ2n) is 5.78. The van der Waals surface area contributed by atoms with Gasteiger partial charge >= 0.3 is 0 Å². The molecule has 3 rings (SSSR count). The molecule has 2 saturated heterocycles. The van der Waals surface area contributed by atoms with Crippen molar-refractivity contribution in [2.24, 2.45) is 0 Å². The molecule has 6 nitrogen and oxygen atoms in total. The third-order valence-corrected chi connectivity index (χ3v) is 8.21. The second-order valence-corrected chi connectivity index (χ2v) is 9.83. The zero-order valence-electron chi connectivity index (χ0n) is 13.6. The molecule has 2 fully saturated rings. The van der Waals surface area contributed by atoms with Gasteiger partial charge in [0.15, 0.2) is 0 Å². The molecule has 1 atom stereocenters. The van der Waals surface area contributed by atoms with Gasteiger partial charge in [0, 0.05) is 37.7 Å². The van der Waals surface area contributed by atoms with E-state index in [-0.39, 0.29) is 16.9 Å². The van der Waals surface area contributed by atoms with Crippen molar-refractivity contribution < 1.29 is 17.9 Å². The Balaban J connectivity index is 1.83. The number of carbonyl (C=O) groups is 1. The molecule has 0 N–H and O–H groups in total. The normalized spacial score (nSPS) is 23.4. The Morgan fingerprint density at radius 1 is 1.33 bits per heavy atom. The predicted molar refractivity (Wildman–Crippen MR) is 96.3 cm³/mol. The van der Waals surface area contributed by atoms with Gasteiger partial charge < -0.3 is 9.64 Å². The van der Waals surface area contributed by atoms with E-state index in [4.69, 9.17) is 4.74 Å². The summed E-state index contributed by atoms with van der Waals surface area (Å²) in [7, 11) is -3.60. The van der Waals surface area contributed by atoms with Gasteiger partial charge in [-0.15, -0.1) is 11.3 Å². The number of thiophene rings is 1. The van der Waals surface area contributed by atoms with Crippen molar-refractivity contribution in [3.8, 4) is 0 Å². The Morgan fingerprint density at radius 3 is 2.79 bits per heavy atom. The first-order valence-corrected chi connectivity index (χ1v) is 11.6. The maximum atomic E-state index is 12.9. The van der Waals surface area contributed by atoms with Crippen molar-refractivity contribution in [3.05, 3.63) is 16.3 Å². The number of thioether (sulfide) groups is 1. The Labute approximate surface area is 151 Å². The summed E-state index contributed by atoms with van der Waals surface area (Å²) in [4.78, 5) is 15.1. The number of carbonyl (C=O) groups excluding carboxylic acids is 1. The molecule has 24 heavy (non-hydrogen) atoms. The minimum Gasteiger partial charge on any atom is -0.375 e. The van der Waals surface area contributed by atoms with E-state index in [1.807, 2.05) is 6.92 Å². The smallest absolute Gasteiger partial charge is 0.265 e. The molecule has 2 aliphatic heterocycles. The van der Waals surface area contributed by atoms with E-state index in [0.717, 1.165) is 17.9 Å². The van der Waals surface area contributed by atoms with Gasteiger partial charge in [0.1, 0.15) is 9.77 Å². The van der Waals surface area contributed by atoms with Gasteiger partial charge in [-0.05, 0) is 17.9 Å². The molecular weight excluding hydrogens is 368 g/mol. The summed E-state index contributed by atoms with van der Waals surface area (Å²) in [5, 5.41) is 1.69. The SMILES string of the molecule is CCC1CN(C(=O)c2sccc2S(=O)(=O)N2CCSCC2)CCO1. The van der Waals surface area contributed by atoms with Crippen LogP contribution >= 0.6 is 23.1 Å². The Morgan fingerprint density at radius 2 is 2.08 bits per heavy atom. The number of hydrogen-bond acceptors (Lipinski definition) is 6. The molecule has 0 aliphatic carbocycles. The van der Waals surface area contributed by atoms with E-state index in [2.05, 4.69) is 0 Å². The lowest BCUT2D eigenvalue weighted by molar-refractivity contribution is -0.0225. The zero-order valence-corrected chi connectivity index (χ0v) is 16.1. The number of nitrogens with zero attached hydrogens (tertiary/aromatic N) is 2. The van der Waals surface area contributed by atoms with Crippen molar-refractivity contribution in [3.63, 3.8) is 0 Å². The topological polar surface area (TPSA) is 66.9 Å². The van der Waals surface area contributed by atoms with Crippen LogP contribution in [0.2, 0.25) is 0 Å². The van der Waals surface area contributed by atoms with Gasteiger partial charge in [0.25, 0.3) is 5.91 Å². The number of morpholine rings is 1. The highest BCUT2D eigenvalue weighted by atomic mass is 32.2. The Bertz CT molecular complexity index is 683. The van der Waals surface area contributed by atoms with E-state index in [9.17, 15) is 13.2 Å². The van der Waals surface area contributed by atoms with Crippen molar-refractivity contribution in [2.45, 2.75) is 24.3 Å². The summed E-state index contributed by atoms with van der Waals surface area (Å²) in [5.74, 6) is 1.40. The van der Waals surface area contributed by atoms with E-state index in [1.54, 1.807) is 28.1 Å². The second kappa shape index (κ2) is 7.74. The number of amides is 1. The van der Waals surface area contributed by atoms with Crippen LogP contribution in [0.25, 0.3) is 0 Å². The highest BCUT2D eigenvalue weighted by Gasteiger charge is 2.33. The van der Waals surface area contributed by atoms with Gasteiger partial charge in [-0.3, -0.25) is 4.79 Å². The molecule has 9 heteroatoms. The standard InChI is InChI=1S/C15H22N2O4S3/c1-2-12-11-16(4-7-21-12)15(18)14-13(3-8-23-14)24(19,20)17-5-9-22-10-6-17/h3,8,12H,2,4-7,9-11H2,1H3. The van der Waals surface area contributed by atoms with Gasteiger partial charge in [0.05, 0.1) is 12.7 Å².